The fourth-order valence-electron chi connectivity index (χ4n) is 0.792. The van der Waals surface area contributed by atoms with Crippen LogP contribution in [0.3, 0.4) is 0 Å². The van der Waals surface area contributed by atoms with Gasteiger partial charge >= 0.3 is 0 Å². The number of nitrogens with two attached hydrogens (primary N) is 1. The minimum atomic E-state index is -0.357. The topological polar surface area (TPSA) is 66.5 Å². The molecule has 4 heteroatoms. The Balaban J connectivity index is 3.46. The third-order valence-electron chi connectivity index (χ3n) is 1.43. The molecule has 0 saturated carbocycles. The predicted octanol–water partition coefficient (Wildman–Crippen LogP) is 1.64. The summed E-state index contributed by atoms with van der Waals surface area (Å²) >= 11 is 5.52. The summed E-state index contributed by atoms with van der Waals surface area (Å²) < 4.78 is 0. The molecule has 11 heavy (non-hydrogen) atoms. The second-order valence-corrected chi connectivity index (χ2v) is 2.67. The Morgan fingerprint density at radius 1 is 1.36 bits per heavy atom. The quantitative estimate of drug-likeness (QED) is 0.318. The van der Waals surface area contributed by atoms with E-state index in [4.69, 9.17) is 27.5 Å². The number of anilines is 1. The maximum absolute atomic E-state index is 9.12. The Morgan fingerprint density at radius 2 is 1.91 bits per heavy atom. The van der Waals surface area contributed by atoms with E-state index in [-0.39, 0.29) is 22.2 Å². The van der Waals surface area contributed by atoms with Crippen molar-refractivity contribution in [3.63, 3.8) is 0 Å². The zero-order chi connectivity index (χ0) is 8.59. The van der Waals surface area contributed by atoms with Gasteiger partial charge in [0, 0.05) is 0 Å². The van der Waals surface area contributed by atoms with Crippen molar-refractivity contribution >= 4 is 17.3 Å². The van der Waals surface area contributed by atoms with Crippen LogP contribution in [-0.2, 0) is 0 Å². The van der Waals surface area contributed by atoms with Crippen LogP contribution in [0.25, 0.3) is 0 Å². The number of hydrogen-bond donors (Lipinski definition) is 3. The summed E-state index contributed by atoms with van der Waals surface area (Å²) in [5.41, 5.74) is 6.15. The van der Waals surface area contributed by atoms with Crippen LogP contribution in [-0.4, -0.2) is 10.2 Å². The second-order valence-electron chi connectivity index (χ2n) is 2.29. The van der Waals surface area contributed by atoms with Gasteiger partial charge in [0.1, 0.15) is 5.02 Å². The average molecular weight is 174 g/mol. The zero-order valence-corrected chi connectivity index (χ0v) is 6.68. The Bertz CT molecular complexity index is 273. The average Bonchev–Trinajstić information content (AvgIpc) is 1.97. The number of aryl methyl sites for hydroxylation is 1. The number of rotatable bonds is 0. The molecule has 0 aromatic heterocycles. The summed E-state index contributed by atoms with van der Waals surface area (Å²) in [5, 5.41) is 18.2. The van der Waals surface area contributed by atoms with E-state index in [1.54, 1.807) is 6.92 Å². The molecular weight excluding hydrogens is 166 g/mol. The molecular formula is C7H8ClNO2. The number of phenolic OH excluding ortho intramolecular Hbond substituents is 2. The third-order valence-corrected chi connectivity index (χ3v) is 1.83. The Labute approximate surface area is 69.0 Å². The molecule has 0 atom stereocenters. The van der Waals surface area contributed by atoms with E-state index in [9.17, 15) is 0 Å². The molecule has 0 aliphatic rings. The van der Waals surface area contributed by atoms with Crippen molar-refractivity contribution in [1.29, 1.82) is 0 Å². The van der Waals surface area contributed by atoms with Crippen LogP contribution >= 0.6 is 11.6 Å². The summed E-state index contributed by atoms with van der Waals surface area (Å²) in [6, 6.07) is 1.50. The summed E-state index contributed by atoms with van der Waals surface area (Å²) in [6.45, 7) is 1.63. The normalized spacial score (nSPS) is 10.0. The van der Waals surface area contributed by atoms with Gasteiger partial charge in [0.2, 0.25) is 0 Å². The Hall–Kier alpha value is -1.09. The number of aromatic hydroxyl groups is 2. The lowest BCUT2D eigenvalue weighted by molar-refractivity contribution is 0.401. The van der Waals surface area contributed by atoms with Crippen molar-refractivity contribution in [3.05, 3.63) is 16.7 Å². The van der Waals surface area contributed by atoms with Gasteiger partial charge in [-0.15, -0.1) is 0 Å². The smallest absolute Gasteiger partial charge is 0.178 e. The molecule has 4 N–H and O–H groups in total. The van der Waals surface area contributed by atoms with Crippen LogP contribution in [0.4, 0.5) is 5.69 Å². The molecule has 3 nitrogen and oxygen atoms in total. The Morgan fingerprint density at radius 3 is 2.45 bits per heavy atom. The first-order valence-corrected chi connectivity index (χ1v) is 3.38. The fourth-order valence-corrected chi connectivity index (χ4v) is 0.936. The second kappa shape index (κ2) is 2.51. The maximum Gasteiger partial charge on any atom is 0.178 e. The number of phenols is 2. The molecule has 0 aliphatic heterocycles. The van der Waals surface area contributed by atoms with Gasteiger partial charge in [-0.1, -0.05) is 11.6 Å². The molecule has 0 spiro atoms. The van der Waals surface area contributed by atoms with Gasteiger partial charge in [0.05, 0.1) is 5.69 Å². The van der Waals surface area contributed by atoms with E-state index in [1.807, 2.05) is 0 Å². The van der Waals surface area contributed by atoms with Gasteiger partial charge in [0.15, 0.2) is 11.5 Å². The van der Waals surface area contributed by atoms with Gasteiger partial charge in [-0.2, -0.15) is 0 Å². The van der Waals surface area contributed by atoms with E-state index in [2.05, 4.69) is 0 Å². The predicted molar refractivity (Wildman–Crippen MR) is 43.9 cm³/mol. The highest BCUT2D eigenvalue weighted by Gasteiger charge is 2.10. The minimum absolute atomic E-state index is 0.00639. The van der Waals surface area contributed by atoms with Crippen LogP contribution in [0, 0.1) is 6.92 Å². The number of benzene rings is 1. The van der Waals surface area contributed by atoms with Gasteiger partial charge in [0.25, 0.3) is 0 Å². The standard InChI is InChI=1S/C7H8ClNO2/c1-3-2-4(9)5(8)7(11)6(3)10/h2,10-11H,9H2,1H3. The first kappa shape index (κ1) is 8.01. The molecule has 0 unspecified atom stereocenters. The van der Waals surface area contributed by atoms with Gasteiger partial charge in [-0.3, -0.25) is 0 Å². The molecule has 0 radical (unpaired) electrons. The molecule has 0 saturated heterocycles. The highest BCUT2D eigenvalue weighted by molar-refractivity contribution is 6.34. The lowest BCUT2D eigenvalue weighted by atomic mass is 10.2. The van der Waals surface area contributed by atoms with Gasteiger partial charge < -0.3 is 15.9 Å². The lowest BCUT2D eigenvalue weighted by Crippen LogP contribution is -1.88. The zero-order valence-electron chi connectivity index (χ0n) is 5.93. The highest BCUT2D eigenvalue weighted by atomic mass is 35.5. The van der Waals surface area contributed by atoms with Gasteiger partial charge in [-0.05, 0) is 18.6 Å². The van der Waals surface area contributed by atoms with E-state index < -0.39 is 0 Å². The van der Waals surface area contributed by atoms with E-state index in [1.165, 1.54) is 6.07 Å². The van der Waals surface area contributed by atoms with Crippen molar-refractivity contribution in [2.24, 2.45) is 0 Å². The maximum atomic E-state index is 9.12. The molecule has 1 aromatic carbocycles. The molecule has 0 fully saturated rings. The molecule has 0 amide bonds. The lowest BCUT2D eigenvalue weighted by Gasteiger charge is -2.05. The van der Waals surface area contributed by atoms with E-state index in [0.717, 1.165) is 0 Å². The third kappa shape index (κ3) is 1.19. The summed E-state index contributed by atoms with van der Waals surface area (Å²) in [5.74, 6) is -0.576. The van der Waals surface area contributed by atoms with Crippen molar-refractivity contribution in [1.82, 2.24) is 0 Å². The minimum Gasteiger partial charge on any atom is -0.504 e. The first-order chi connectivity index (χ1) is 5.04. The molecule has 1 aromatic rings. The van der Waals surface area contributed by atoms with E-state index in [0.29, 0.717) is 5.56 Å². The number of hydrogen-bond acceptors (Lipinski definition) is 3. The highest BCUT2D eigenvalue weighted by Crippen LogP contribution is 2.39. The summed E-state index contributed by atoms with van der Waals surface area (Å²) in [6.07, 6.45) is 0. The molecule has 0 heterocycles. The fraction of sp³-hybridized carbons (Fsp3) is 0.143. The first-order valence-electron chi connectivity index (χ1n) is 3.00. The molecule has 60 valence electrons. The van der Waals surface area contributed by atoms with Crippen molar-refractivity contribution < 1.29 is 10.2 Å². The molecule has 0 bridgehead atoms. The number of halogens is 1. The van der Waals surface area contributed by atoms with Crippen LogP contribution in [0.1, 0.15) is 5.56 Å². The van der Waals surface area contributed by atoms with Crippen LogP contribution in [0.5, 0.6) is 11.5 Å². The van der Waals surface area contributed by atoms with Crippen LogP contribution in [0.2, 0.25) is 5.02 Å². The summed E-state index contributed by atoms with van der Waals surface area (Å²) in [4.78, 5) is 0. The monoisotopic (exact) mass is 173 g/mol. The molecule has 0 aliphatic carbocycles. The van der Waals surface area contributed by atoms with Crippen LogP contribution in [0.15, 0.2) is 6.07 Å². The van der Waals surface area contributed by atoms with Gasteiger partial charge in [-0.25, -0.2) is 0 Å². The van der Waals surface area contributed by atoms with Crippen molar-refractivity contribution in [2.75, 3.05) is 5.73 Å². The largest absolute Gasteiger partial charge is 0.504 e. The Kier molecular flexibility index (Phi) is 1.83. The van der Waals surface area contributed by atoms with Crippen molar-refractivity contribution in [3.8, 4) is 11.5 Å². The van der Waals surface area contributed by atoms with E-state index >= 15 is 0 Å². The molecule has 1 rings (SSSR count). The van der Waals surface area contributed by atoms with Crippen LogP contribution < -0.4 is 5.73 Å². The summed E-state index contributed by atoms with van der Waals surface area (Å²) in [7, 11) is 0. The van der Waals surface area contributed by atoms with Crippen molar-refractivity contribution in [2.45, 2.75) is 6.92 Å². The SMILES string of the molecule is Cc1cc(N)c(Cl)c(O)c1O. The number of nitrogen functional groups attached to an aromatic ring is 1.